The highest BCUT2D eigenvalue weighted by Crippen LogP contribution is 2.61. The van der Waals surface area contributed by atoms with E-state index in [1.807, 2.05) is 0 Å². The molecule has 114 valence electrons. The minimum absolute atomic E-state index is 0.129. The van der Waals surface area contributed by atoms with Crippen molar-refractivity contribution in [2.75, 3.05) is 0 Å². The molecule has 0 saturated carbocycles. The van der Waals surface area contributed by atoms with Crippen molar-refractivity contribution >= 4 is 42.6 Å². The molecule has 0 heterocycles. The van der Waals surface area contributed by atoms with Crippen molar-refractivity contribution < 1.29 is 0 Å². The number of hydrogen-bond donors (Lipinski definition) is 0. The van der Waals surface area contributed by atoms with Gasteiger partial charge >= 0.3 is 0 Å². The molecular weight excluding hydrogens is 412 g/mol. The molecule has 3 aromatic rings. The molecular formula is C21H16Br2. The van der Waals surface area contributed by atoms with Crippen LogP contribution in [0, 0.1) is 5.41 Å². The molecule has 0 nitrogen and oxygen atoms in total. The maximum Gasteiger partial charge on any atom is 0.0466 e. The molecule has 23 heavy (non-hydrogen) atoms. The molecule has 0 aromatic heterocycles. The predicted octanol–water partition coefficient (Wildman–Crippen LogP) is 7.40. The van der Waals surface area contributed by atoms with E-state index in [4.69, 9.17) is 0 Å². The van der Waals surface area contributed by atoms with Crippen LogP contribution >= 0.6 is 31.9 Å². The van der Waals surface area contributed by atoms with E-state index < -0.39 is 0 Å². The van der Waals surface area contributed by atoms with Crippen LogP contribution < -0.4 is 0 Å². The van der Waals surface area contributed by atoms with Crippen LogP contribution in [-0.2, 0) is 0 Å². The average molecular weight is 428 g/mol. The summed E-state index contributed by atoms with van der Waals surface area (Å²) in [6, 6.07) is 18.1. The molecule has 0 amide bonds. The van der Waals surface area contributed by atoms with Gasteiger partial charge in [-0.3, -0.25) is 0 Å². The first kappa shape index (κ1) is 14.2. The summed E-state index contributed by atoms with van der Waals surface area (Å²) in [7, 11) is 0. The highest BCUT2D eigenvalue weighted by Gasteiger charge is 2.43. The lowest BCUT2D eigenvalue weighted by Gasteiger charge is -2.41. The van der Waals surface area contributed by atoms with Gasteiger partial charge in [0.1, 0.15) is 0 Å². The zero-order chi connectivity index (χ0) is 15.9. The first-order valence-corrected chi connectivity index (χ1v) is 9.82. The quantitative estimate of drug-likeness (QED) is 0.256. The standard InChI is InChI=1S/C21H16Br2/c1-21(2)19(22)15-9-7-13-11-5-3-4-6-12(11)14-8-10-16(20(21)23)18(15)17(13)14/h3-10,19-20H,1-2H3. The van der Waals surface area contributed by atoms with Crippen LogP contribution in [0.1, 0.15) is 34.6 Å². The Labute approximate surface area is 153 Å². The smallest absolute Gasteiger partial charge is 0.0466 e. The second-order valence-electron chi connectivity index (χ2n) is 7.25. The van der Waals surface area contributed by atoms with Crippen LogP contribution in [0.3, 0.4) is 0 Å². The van der Waals surface area contributed by atoms with Gasteiger partial charge in [-0.25, -0.2) is 0 Å². The minimum Gasteiger partial charge on any atom is -0.0832 e. The number of fused-ring (bicyclic) bond motifs is 3. The second kappa shape index (κ2) is 4.49. The fourth-order valence-electron chi connectivity index (χ4n) is 4.30. The summed E-state index contributed by atoms with van der Waals surface area (Å²) in [6.45, 7) is 4.66. The number of hydrogen-bond acceptors (Lipinski definition) is 0. The minimum atomic E-state index is 0.129. The van der Waals surface area contributed by atoms with Crippen LogP contribution in [0.2, 0.25) is 0 Å². The third kappa shape index (κ3) is 1.62. The van der Waals surface area contributed by atoms with Crippen molar-refractivity contribution in [2.45, 2.75) is 23.5 Å². The molecule has 2 unspecified atom stereocenters. The molecule has 0 fully saturated rings. The largest absolute Gasteiger partial charge is 0.0832 e. The molecule has 0 bridgehead atoms. The van der Waals surface area contributed by atoms with Gasteiger partial charge in [-0.1, -0.05) is 94.2 Å². The molecule has 2 aliphatic rings. The maximum absolute atomic E-state index is 3.99. The Bertz CT molecular complexity index is 911. The molecule has 2 heteroatoms. The van der Waals surface area contributed by atoms with Gasteiger partial charge in [0.25, 0.3) is 0 Å². The van der Waals surface area contributed by atoms with E-state index in [1.165, 1.54) is 44.2 Å². The lowest BCUT2D eigenvalue weighted by atomic mass is 9.72. The van der Waals surface area contributed by atoms with Crippen molar-refractivity contribution in [3.63, 3.8) is 0 Å². The zero-order valence-electron chi connectivity index (χ0n) is 13.0. The Morgan fingerprint density at radius 2 is 1.13 bits per heavy atom. The summed E-state index contributed by atoms with van der Waals surface area (Å²) in [4.78, 5) is 0.694. The van der Waals surface area contributed by atoms with Gasteiger partial charge in [0.2, 0.25) is 0 Å². The van der Waals surface area contributed by atoms with Gasteiger partial charge in [0.15, 0.2) is 0 Å². The van der Waals surface area contributed by atoms with E-state index in [-0.39, 0.29) is 5.41 Å². The average Bonchev–Trinajstić information content (AvgIpc) is 2.89. The lowest BCUT2D eigenvalue weighted by Crippen LogP contribution is -2.27. The van der Waals surface area contributed by atoms with Crippen molar-refractivity contribution in [3.05, 3.63) is 59.7 Å². The number of benzene rings is 3. The first-order chi connectivity index (χ1) is 11.0. The Morgan fingerprint density at radius 3 is 1.61 bits per heavy atom. The molecule has 2 aliphatic carbocycles. The van der Waals surface area contributed by atoms with Gasteiger partial charge in [-0.05, 0) is 49.6 Å². The van der Waals surface area contributed by atoms with Crippen LogP contribution in [0.25, 0.3) is 33.0 Å². The highest BCUT2D eigenvalue weighted by molar-refractivity contribution is 9.10. The van der Waals surface area contributed by atoms with E-state index in [0.29, 0.717) is 9.65 Å². The Hall–Kier alpha value is -1.12. The summed E-state index contributed by atoms with van der Waals surface area (Å²) in [6.07, 6.45) is 0. The predicted molar refractivity (Wildman–Crippen MR) is 105 cm³/mol. The van der Waals surface area contributed by atoms with Crippen LogP contribution in [0.4, 0.5) is 0 Å². The van der Waals surface area contributed by atoms with Crippen LogP contribution in [0.15, 0.2) is 48.5 Å². The fourth-order valence-corrected chi connectivity index (χ4v) is 5.95. The van der Waals surface area contributed by atoms with Crippen molar-refractivity contribution in [2.24, 2.45) is 5.41 Å². The molecule has 0 aliphatic heterocycles. The summed E-state index contributed by atoms with van der Waals surface area (Å²) < 4.78 is 0. The Morgan fingerprint density at radius 1 is 0.652 bits per heavy atom. The topological polar surface area (TPSA) is 0 Å². The van der Waals surface area contributed by atoms with Gasteiger partial charge in [-0.2, -0.15) is 0 Å². The lowest BCUT2D eigenvalue weighted by molar-refractivity contribution is 0.349. The number of rotatable bonds is 0. The Kier molecular flexibility index (Phi) is 2.78. The normalized spacial score (nSPS) is 23.1. The Balaban J connectivity index is 1.97. The SMILES string of the molecule is CC1(C)C(Br)c2ccc3c4c(ccc(c24)C1Br)-c1ccccc1-3. The summed E-state index contributed by atoms with van der Waals surface area (Å²) in [5.41, 5.74) is 8.49. The van der Waals surface area contributed by atoms with Crippen molar-refractivity contribution in [1.29, 1.82) is 0 Å². The summed E-state index contributed by atoms with van der Waals surface area (Å²) in [5.74, 6) is 0. The third-order valence-electron chi connectivity index (χ3n) is 5.59. The molecule has 5 rings (SSSR count). The molecule has 0 saturated heterocycles. The van der Waals surface area contributed by atoms with Gasteiger partial charge in [-0.15, -0.1) is 0 Å². The summed E-state index contributed by atoms with van der Waals surface area (Å²) in [5, 5.41) is 2.88. The molecule has 0 spiro atoms. The zero-order valence-corrected chi connectivity index (χ0v) is 16.2. The van der Waals surface area contributed by atoms with E-state index in [0.717, 1.165) is 0 Å². The second-order valence-corrected chi connectivity index (χ2v) is 9.08. The van der Waals surface area contributed by atoms with Gasteiger partial charge in [0, 0.05) is 9.65 Å². The molecule has 0 radical (unpaired) electrons. The van der Waals surface area contributed by atoms with Gasteiger partial charge < -0.3 is 0 Å². The van der Waals surface area contributed by atoms with E-state index in [9.17, 15) is 0 Å². The van der Waals surface area contributed by atoms with Crippen LogP contribution in [0.5, 0.6) is 0 Å². The van der Waals surface area contributed by atoms with Crippen molar-refractivity contribution in [1.82, 2.24) is 0 Å². The third-order valence-corrected chi connectivity index (χ3v) is 8.93. The van der Waals surface area contributed by atoms with Crippen molar-refractivity contribution in [3.8, 4) is 22.3 Å². The molecule has 3 aromatic carbocycles. The number of alkyl halides is 2. The first-order valence-electron chi connectivity index (χ1n) is 7.99. The maximum atomic E-state index is 3.99. The van der Waals surface area contributed by atoms with E-state index >= 15 is 0 Å². The van der Waals surface area contributed by atoms with Crippen LogP contribution in [-0.4, -0.2) is 0 Å². The van der Waals surface area contributed by atoms with E-state index in [2.05, 4.69) is 94.2 Å². The highest BCUT2D eigenvalue weighted by atomic mass is 79.9. The summed E-state index contributed by atoms with van der Waals surface area (Å²) >= 11 is 7.97. The number of halogens is 2. The molecule has 0 N–H and O–H groups in total. The molecule has 2 atom stereocenters. The van der Waals surface area contributed by atoms with E-state index in [1.54, 1.807) is 0 Å². The monoisotopic (exact) mass is 426 g/mol. The van der Waals surface area contributed by atoms with Gasteiger partial charge in [0.05, 0.1) is 0 Å². The fraction of sp³-hybridized carbons (Fsp3) is 0.238.